The maximum absolute atomic E-state index is 5.65. The van der Waals surface area contributed by atoms with Crippen LogP contribution in [0, 0.1) is 12.3 Å². The van der Waals surface area contributed by atoms with E-state index >= 15 is 0 Å². The van der Waals surface area contributed by atoms with Gasteiger partial charge in [0.15, 0.2) is 0 Å². The smallest absolute Gasteiger partial charge is 0.122 e. The molecule has 0 aliphatic carbocycles. The van der Waals surface area contributed by atoms with Gasteiger partial charge < -0.3 is 4.74 Å². The van der Waals surface area contributed by atoms with Gasteiger partial charge in [0, 0.05) is 6.04 Å². The highest BCUT2D eigenvalue weighted by Crippen LogP contribution is 2.27. The Morgan fingerprint density at radius 1 is 1.35 bits per heavy atom. The van der Waals surface area contributed by atoms with Crippen LogP contribution >= 0.6 is 0 Å². The standard InChI is InChI=1S/C14H24N2O/c1-10-6-7-12(17-5)11(8-10)9-13(16-15)14(2,3)4/h6-8,13,16H,9,15H2,1-5H3. The van der Waals surface area contributed by atoms with Crippen LogP contribution in [-0.2, 0) is 6.42 Å². The van der Waals surface area contributed by atoms with Gasteiger partial charge in [0.2, 0.25) is 0 Å². The summed E-state index contributed by atoms with van der Waals surface area (Å²) in [6.07, 6.45) is 0.866. The van der Waals surface area contributed by atoms with E-state index in [0.29, 0.717) is 0 Å². The summed E-state index contributed by atoms with van der Waals surface area (Å²) in [6, 6.07) is 6.46. The van der Waals surface area contributed by atoms with Crippen LogP contribution in [0.15, 0.2) is 18.2 Å². The maximum atomic E-state index is 5.65. The van der Waals surface area contributed by atoms with Crippen molar-refractivity contribution in [3.8, 4) is 5.75 Å². The molecular formula is C14H24N2O. The predicted molar refractivity (Wildman–Crippen MR) is 72.0 cm³/mol. The van der Waals surface area contributed by atoms with E-state index in [0.717, 1.165) is 12.2 Å². The van der Waals surface area contributed by atoms with Gasteiger partial charge in [-0.25, -0.2) is 0 Å². The second-order valence-electron chi connectivity index (χ2n) is 5.60. The Bertz CT molecular complexity index is 369. The summed E-state index contributed by atoms with van der Waals surface area (Å²) in [5.41, 5.74) is 5.46. The highest BCUT2D eigenvalue weighted by Gasteiger charge is 2.24. The first-order chi connectivity index (χ1) is 7.88. The molecule has 0 saturated heterocycles. The van der Waals surface area contributed by atoms with Gasteiger partial charge in [-0.3, -0.25) is 11.3 Å². The monoisotopic (exact) mass is 236 g/mol. The Balaban J connectivity index is 2.96. The van der Waals surface area contributed by atoms with Crippen molar-refractivity contribution in [3.05, 3.63) is 29.3 Å². The summed E-state index contributed by atoms with van der Waals surface area (Å²) in [5, 5.41) is 0. The first kappa shape index (κ1) is 14.0. The largest absolute Gasteiger partial charge is 0.496 e. The van der Waals surface area contributed by atoms with E-state index in [2.05, 4.69) is 45.3 Å². The number of nitrogens with one attached hydrogen (secondary N) is 1. The van der Waals surface area contributed by atoms with Gasteiger partial charge in [-0.15, -0.1) is 0 Å². The Morgan fingerprint density at radius 3 is 2.47 bits per heavy atom. The summed E-state index contributed by atoms with van der Waals surface area (Å²) >= 11 is 0. The van der Waals surface area contributed by atoms with E-state index in [-0.39, 0.29) is 11.5 Å². The van der Waals surface area contributed by atoms with E-state index in [9.17, 15) is 0 Å². The van der Waals surface area contributed by atoms with Gasteiger partial charge in [-0.2, -0.15) is 0 Å². The van der Waals surface area contributed by atoms with Gasteiger partial charge >= 0.3 is 0 Å². The van der Waals surface area contributed by atoms with E-state index < -0.39 is 0 Å². The molecule has 1 atom stereocenters. The molecule has 0 aliphatic rings. The Morgan fingerprint density at radius 2 is 2.00 bits per heavy atom. The first-order valence-electron chi connectivity index (χ1n) is 5.98. The zero-order valence-corrected chi connectivity index (χ0v) is 11.5. The minimum atomic E-state index is 0.115. The number of hydrogen-bond acceptors (Lipinski definition) is 3. The fraction of sp³-hybridized carbons (Fsp3) is 0.571. The van der Waals surface area contributed by atoms with Gasteiger partial charge in [0.25, 0.3) is 0 Å². The molecule has 3 heteroatoms. The van der Waals surface area contributed by atoms with Crippen LogP contribution in [0.1, 0.15) is 31.9 Å². The topological polar surface area (TPSA) is 47.3 Å². The molecule has 96 valence electrons. The number of hydrazine groups is 1. The van der Waals surface area contributed by atoms with Crippen LogP contribution in [0.5, 0.6) is 5.75 Å². The van der Waals surface area contributed by atoms with Gasteiger partial charge in [-0.1, -0.05) is 38.5 Å². The molecule has 0 fully saturated rings. The second kappa shape index (κ2) is 5.52. The lowest BCUT2D eigenvalue weighted by Crippen LogP contribution is -2.45. The van der Waals surface area contributed by atoms with Crippen LogP contribution in [0.4, 0.5) is 0 Å². The normalized spacial score (nSPS) is 13.5. The zero-order valence-electron chi connectivity index (χ0n) is 11.5. The summed E-state index contributed by atoms with van der Waals surface area (Å²) in [4.78, 5) is 0. The quantitative estimate of drug-likeness (QED) is 0.623. The highest BCUT2D eigenvalue weighted by molar-refractivity contribution is 5.37. The van der Waals surface area contributed by atoms with E-state index in [4.69, 9.17) is 10.6 Å². The van der Waals surface area contributed by atoms with Crippen LogP contribution in [0.2, 0.25) is 0 Å². The zero-order chi connectivity index (χ0) is 13.1. The summed E-state index contributed by atoms with van der Waals surface area (Å²) in [6.45, 7) is 8.63. The minimum Gasteiger partial charge on any atom is -0.496 e. The third kappa shape index (κ3) is 3.72. The average Bonchev–Trinajstić information content (AvgIpc) is 2.24. The van der Waals surface area contributed by atoms with Crippen molar-refractivity contribution >= 4 is 0 Å². The van der Waals surface area contributed by atoms with Crippen molar-refractivity contribution < 1.29 is 4.74 Å². The van der Waals surface area contributed by atoms with E-state index in [1.54, 1.807) is 7.11 Å². The lowest BCUT2D eigenvalue weighted by molar-refractivity contribution is 0.266. The molecule has 0 aliphatic heterocycles. The highest BCUT2D eigenvalue weighted by atomic mass is 16.5. The Hall–Kier alpha value is -1.06. The van der Waals surface area contributed by atoms with Crippen molar-refractivity contribution in [1.29, 1.82) is 0 Å². The fourth-order valence-electron chi connectivity index (χ4n) is 1.90. The SMILES string of the molecule is COc1ccc(C)cc1CC(NN)C(C)(C)C. The molecule has 3 nitrogen and oxygen atoms in total. The maximum Gasteiger partial charge on any atom is 0.122 e. The van der Waals surface area contributed by atoms with Crippen molar-refractivity contribution in [1.82, 2.24) is 5.43 Å². The molecular weight excluding hydrogens is 212 g/mol. The van der Waals surface area contributed by atoms with Crippen LogP contribution in [0.3, 0.4) is 0 Å². The van der Waals surface area contributed by atoms with Crippen molar-refractivity contribution in [2.45, 2.75) is 40.2 Å². The summed E-state index contributed by atoms with van der Waals surface area (Å²) in [7, 11) is 1.70. The summed E-state index contributed by atoms with van der Waals surface area (Å²) < 4.78 is 5.39. The predicted octanol–water partition coefficient (Wildman–Crippen LogP) is 2.42. The molecule has 1 aromatic rings. The fourth-order valence-corrected chi connectivity index (χ4v) is 1.90. The lowest BCUT2D eigenvalue weighted by Gasteiger charge is -2.30. The van der Waals surface area contributed by atoms with Crippen LogP contribution < -0.4 is 16.0 Å². The Labute approximate surface area is 104 Å². The molecule has 1 aromatic carbocycles. The van der Waals surface area contributed by atoms with Gasteiger partial charge in [0.1, 0.15) is 5.75 Å². The molecule has 0 radical (unpaired) electrons. The third-order valence-corrected chi connectivity index (χ3v) is 3.11. The number of aryl methyl sites for hydroxylation is 1. The number of ether oxygens (including phenoxy) is 1. The molecule has 0 bridgehead atoms. The number of benzene rings is 1. The van der Waals surface area contributed by atoms with Crippen molar-refractivity contribution in [3.63, 3.8) is 0 Å². The van der Waals surface area contributed by atoms with Gasteiger partial charge in [0.05, 0.1) is 7.11 Å². The van der Waals surface area contributed by atoms with Crippen molar-refractivity contribution in [2.24, 2.45) is 11.3 Å². The van der Waals surface area contributed by atoms with Crippen LogP contribution in [0.25, 0.3) is 0 Å². The summed E-state index contributed by atoms with van der Waals surface area (Å²) in [5.74, 6) is 6.58. The van der Waals surface area contributed by atoms with Crippen molar-refractivity contribution in [2.75, 3.05) is 7.11 Å². The molecule has 1 rings (SSSR count). The number of methoxy groups -OCH3 is 1. The van der Waals surface area contributed by atoms with Gasteiger partial charge in [-0.05, 0) is 30.4 Å². The number of hydrogen-bond donors (Lipinski definition) is 2. The number of rotatable bonds is 4. The molecule has 1 unspecified atom stereocenters. The molecule has 0 heterocycles. The first-order valence-corrected chi connectivity index (χ1v) is 5.98. The Kier molecular flexibility index (Phi) is 4.54. The molecule has 0 amide bonds. The average molecular weight is 236 g/mol. The van der Waals surface area contributed by atoms with E-state index in [1.165, 1.54) is 11.1 Å². The minimum absolute atomic E-state index is 0.115. The van der Waals surface area contributed by atoms with Crippen LogP contribution in [-0.4, -0.2) is 13.2 Å². The molecule has 0 aromatic heterocycles. The lowest BCUT2D eigenvalue weighted by atomic mass is 9.83. The molecule has 3 N–H and O–H groups in total. The molecule has 0 spiro atoms. The second-order valence-corrected chi connectivity index (χ2v) is 5.60. The van der Waals surface area contributed by atoms with E-state index in [1.807, 2.05) is 6.07 Å². The third-order valence-electron chi connectivity index (χ3n) is 3.11. The number of nitrogens with two attached hydrogens (primary N) is 1. The molecule has 17 heavy (non-hydrogen) atoms. The molecule has 0 saturated carbocycles.